The molecular formula is C11H13ClN4O2S. The highest BCUT2D eigenvalue weighted by atomic mass is 35.5. The van der Waals surface area contributed by atoms with Crippen molar-refractivity contribution in [2.24, 2.45) is 7.05 Å². The van der Waals surface area contributed by atoms with Crippen molar-refractivity contribution in [1.82, 2.24) is 14.5 Å². The van der Waals surface area contributed by atoms with Crippen LogP contribution < -0.4 is 4.72 Å². The van der Waals surface area contributed by atoms with Gasteiger partial charge in [-0.3, -0.25) is 4.72 Å². The third-order valence-corrected chi connectivity index (χ3v) is 4.27. The Kier molecular flexibility index (Phi) is 3.51. The van der Waals surface area contributed by atoms with Crippen LogP contribution in [-0.2, 0) is 17.1 Å². The maximum atomic E-state index is 12.1. The largest absolute Gasteiger partial charge is 0.324 e. The Hall–Kier alpha value is -1.60. The highest BCUT2D eigenvalue weighted by Gasteiger charge is 2.22. The molecule has 2 rings (SSSR count). The molecular weight excluding hydrogens is 288 g/mol. The summed E-state index contributed by atoms with van der Waals surface area (Å²) < 4.78 is 28.1. The van der Waals surface area contributed by atoms with Gasteiger partial charge in [0.05, 0.1) is 6.33 Å². The van der Waals surface area contributed by atoms with Gasteiger partial charge < -0.3 is 4.57 Å². The van der Waals surface area contributed by atoms with Gasteiger partial charge in [-0.05, 0) is 31.5 Å². The molecule has 19 heavy (non-hydrogen) atoms. The van der Waals surface area contributed by atoms with E-state index in [1.54, 1.807) is 20.0 Å². The third-order valence-electron chi connectivity index (χ3n) is 2.43. The van der Waals surface area contributed by atoms with Gasteiger partial charge >= 0.3 is 0 Å². The molecule has 0 bridgehead atoms. The molecule has 0 saturated heterocycles. The van der Waals surface area contributed by atoms with Crippen LogP contribution in [0.1, 0.15) is 11.3 Å². The Morgan fingerprint density at radius 3 is 2.53 bits per heavy atom. The molecule has 0 unspecified atom stereocenters. The molecule has 2 aromatic heterocycles. The molecule has 2 heterocycles. The molecule has 0 spiro atoms. The highest BCUT2D eigenvalue weighted by Crippen LogP contribution is 2.21. The van der Waals surface area contributed by atoms with E-state index in [0.717, 1.165) is 11.3 Å². The van der Waals surface area contributed by atoms with Gasteiger partial charge in [0.2, 0.25) is 5.03 Å². The average molecular weight is 301 g/mol. The normalized spacial score (nSPS) is 11.6. The van der Waals surface area contributed by atoms with Crippen LogP contribution >= 0.6 is 11.6 Å². The second kappa shape index (κ2) is 4.82. The lowest BCUT2D eigenvalue weighted by Crippen LogP contribution is -2.15. The summed E-state index contributed by atoms with van der Waals surface area (Å²) in [6.07, 6.45) is 1.34. The summed E-state index contributed by atoms with van der Waals surface area (Å²) in [4.78, 5) is 7.89. The van der Waals surface area contributed by atoms with Crippen molar-refractivity contribution in [3.63, 3.8) is 0 Å². The number of nitrogens with one attached hydrogen (secondary N) is 1. The number of rotatable bonds is 3. The van der Waals surface area contributed by atoms with E-state index in [-0.39, 0.29) is 16.0 Å². The first-order valence-corrected chi connectivity index (χ1v) is 7.30. The van der Waals surface area contributed by atoms with E-state index < -0.39 is 10.0 Å². The summed E-state index contributed by atoms with van der Waals surface area (Å²) in [5, 5.41) is -0.158. The van der Waals surface area contributed by atoms with E-state index in [1.807, 2.05) is 13.0 Å². The number of hydrogen-bond donors (Lipinski definition) is 1. The lowest BCUT2D eigenvalue weighted by atomic mass is 10.2. The van der Waals surface area contributed by atoms with E-state index in [4.69, 9.17) is 11.6 Å². The molecule has 1 N–H and O–H groups in total. The first-order chi connectivity index (χ1) is 8.79. The van der Waals surface area contributed by atoms with Crippen LogP contribution in [0, 0.1) is 13.8 Å². The molecule has 0 aliphatic carbocycles. The SMILES string of the molecule is Cc1cc(C)nc(NS(=O)(=O)c2ncn(C)c2Cl)c1. The van der Waals surface area contributed by atoms with Crippen LogP contribution in [0.25, 0.3) is 0 Å². The van der Waals surface area contributed by atoms with Gasteiger partial charge in [-0.25, -0.2) is 9.97 Å². The summed E-state index contributed by atoms with van der Waals surface area (Å²) in [7, 11) is -2.22. The average Bonchev–Trinajstić information content (AvgIpc) is 2.57. The molecule has 0 aliphatic rings. The summed E-state index contributed by atoms with van der Waals surface area (Å²) in [5.41, 5.74) is 1.64. The fraction of sp³-hybridized carbons (Fsp3) is 0.273. The lowest BCUT2D eigenvalue weighted by Gasteiger charge is -2.07. The molecule has 0 fully saturated rings. The minimum atomic E-state index is -3.83. The first kappa shape index (κ1) is 13.8. The predicted molar refractivity (Wildman–Crippen MR) is 72.7 cm³/mol. The Balaban J connectivity index is 2.39. The van der Waals surface area contributed by atoms with Crippen LogP contribution in [0.5, 0.6) is 0 Å². The fourth-order valence-electron chi connectivity index (χ4n) is 1.65. The summed E-state index contributed by atoms with van der Waals surface area (Å²) >= 11 is 5.88. The number of halogens is 1. The van der Waals surface area contributed by atoms with Crippen LogP contribution in [0.2, 0.25) is 5.15 Å². The van der Waals surface area contributed by atoms with Gasteiger partial charge in [0.15, 0.2) is 0 Å². The van der Waals surface area contributed by atoms with Gasteiger partial charge in [-0.2, -0.15) is 8.42 Å². The summed E-state index contributed by atoms with van der Waals surface area (Å²) in [5.74, 6) is 0.249. The highest BCUT2D eigenvalue weighted by molar-refractivity contribution is 7.92. The number of anilines is 1. The molecule has 8 heteroatoms. The van der Waals surface area contributed by atoms with Gasteiger partial charge in [0.1, 0.15) is 11.0 Å². The maximum absolute atomic E-state index is 12.1. The molecule has 0 atom stereocenters. The number of imidazole rings is 1. The molecule has 0 amide bonds. The Bertz CT molecular complexity index is 704. The quantitative estimate of drug-likeness (QED) is 0.939. The zero-order chi connectivity index (χ0) is 14.2. The topological polar surface area (TPSA) is 76.9 Å². The zero-order valence-corrected chi connectivity index (χ0v) is 12.2. The number of aromatic nitrogens is 3. The number of nitrogens with zero attached hydrogens (tertiary/aromatic N) is 3. The molecule has 0 saturated carbocycles. The van der Waals surface area contributed by atoms with E-state index >= 15 is 0 Å². The standard InChI is InChI=1S/C11H13ClN4O2S/c1-7-4-8(2)14-9(5-7)15-19(17,18)11-10(12)16(3)6-13-11/h4-6H,1-3H3,(H,14,15). The van der Waals surface area contributed by atoms with Crippen molar-refractivity contribution in [3.8, 4) is 0 Å². The third kappa shape index (κ3) is 2.87. The molecule has 6 nitrogen and oxygen atoms in total. The molecule has 0 aromatic carbocycles. The Morgan fingerprint density at radius 1 is 1.32 bits per heavy atom. The van der Waals surface area contributed by atoms with Crippen molar-refractivity contribution in [2.45, 2.75) is 18.9 Å². The monoisotopic (exact) mass is 300 g/mol. The molecule has 2 aromatic rings. The van der Waals surface area contributed by atoms with Crippen LogP contribution in [0.15, 0.2) is 23.5 Å². The van der Waals surface area contributed by atoms with E-state index in [1.165, 1.54) is 10.9 Å². The van der Waals surface area contributed by atoms with Crippen molar-refractivity contribution in [2.75, 3.05) is 4.72 Å². The van der Waals surface area contributed by atoms with Crippen molar-refractivity contribution in [1.29, 1.82) is 0 Å². The number of hydrogen-bond acceptors (Lipinski definition) is 4. The lowest BCUT2D eigenvalue weighted by molar-refractivity contribution is 0.598. The number of sulfonamides is 1. The van der Waals surface area contributed by atoms with E-state index in [2.05, 4.69) is 14.7 Å². The fourth-order valence-corrected chi connectivity index (χ4v) is 3.08. The minimum absolute atomic E-state index is 0.0527. The molecule has 0 aliphatic heterocycles. The summed E-state index contributed by atoms with van der Waals surface area (Å²) in [6, 6.07) is 3.49. The van der Waals surface area contributed by atoms with Crippen molar-refractivity contribution < 1.29 is 8.42 Å². The Labute approximate surface area is 116 Å². The molecule has 102 valence electrons. The molecule has 0 radical (unpaired) electrons. The second-order valence-corrected chi connectivity index (χ2v) is 6.18. The van der Waals surface area contributed by atoms with Gasteiger partial charge in [-0.1, -0.05) is 11.6 Å². The van der Waals surface area contributed by atoms with Crippen molar-refractivity contribution in [3.05, 3.63) is 34.9 Å². The van der Waals surface area contributed by atoms with Gasteiger partial charge in [0.25, 0.3) is 10.0 Å². The minimum Gasteiger partial charge on any atom is -0.324 e. The van der Waals surface area contributed by atoms with Crippen molar-refractivity contribution >= 4 is 27.4 Å². The predicted octanol–water partition coefficient (Wildman–Crippen LogP) is 1.89. The smallest absolute Gasteiger partial charge is 0.283 e. The first-order valence-electron chi connectivity index (χ1n) is 5.44. The second-order valence-electron chi connectivity index (χ2n) is 4.23. The number of aryl methyl sites for hydroxylation is 3. The van der Waals surface area contributed by atoms with E-state index in [9.17, 15) is 8.42 Å². The van der Waals surface area contributed by atoms with E-state index in [0.29, 0.717) is 0 Å². The van der Waals surface area contributed by atoms with Crippen LogP contribution in [-0.4, -0.2) is 23.0 Å². The maximum Gasteiger partial charge on any atom is 0.283 e. The van der Waals surface area contributed by atoms with Gasteiger partial charge in [-0.15, -0.1) is 0 Å². The van der Waals surface area contributed by atoms with Crippen LogP contribution in [0.3, 0.4) is 0 Å². The Morgan fingerprint density at radius 2 is 2.00 bits per heavy atom. The number of pyridine rings is 1. The van der Waals surface area contributed by atoms with Crippen LogP contribution in [0.4, 0.5) is 5.82 Å². The zero-order valence-electron chi connectivity index (χ0n) is 10.7. The van der Waals surface area contributed by atoms with Gasteiger partial charge in [0, 0.05) is 12.7 Å². The summed E-state index contributed by atoms with van der Waals surface area (Å²) in [6.45, 7) is 3.65.